The largest absolute Gasteiger partial charge is 0.368 e. The van der Waals surface area contributed by atoms with E-state index < -0.39 is 0 Å². The molecule has 3 rings (SSSR count). The van der Waals surface area contributed by atoms with E-state index in [1.165, 1.54) is 5.69 Å². The second-order valence-corrected chi connectivity index (χ2v) is 4.93. The zero-order chi connectivity index (χ0) is 13.8. The molecule has 1 aliphatic heterocycles. The molecule has 2 aromatic carbocycles. The molecule has 0 saturated carbocycles. The van der Waals surface area contributed by atoms with E-state index in [9.17, 15) is 4.79 Å². The van der Waals surface area contributed by atoms with Gasteiger partial charge in [0.2, 0.25) is 0 Å². The average molecular weight is 265 g/mol. The molecule has 1 radical (unpaired) electrons. The van der Waals surface area contributed by atoms with E-state index in [0.29, 0.717) is 5.56 Å². The van der Waals surface area contributed by atoms with Gasteiger partial charge < -0.3 is 9.80 Å². The first kappa shape index (κ1) is 12.7. The van der Waals surface area contributed by atoms with Crippen LogP contribution in [0, 0.1) is 6.07 Å². The number of benzene rings is 2. The highest BCUT2D eigenvalue weighted by molar-refractivity contribution is 5.75. The van der Waals surface area contributed by atoms with E-state index in [4.69, 9.17) is 0 Å². The van der Waals surface area contributed by atoms with Crippen molar-refractivity contribution >= 4 is 17.7 Å². The normalized spacial score (nSPS) is 15.2. The Morgan fingerprint density at radius 1 is 0.900 bits per heavy atom. The van der Waals surface area contributed by atoms with Crippen molar-refractivity contribution in [2.75, 3.05) is 36.0 Å². The van der Waals surface area contributed by atoms with E-state index in [1.807, 2.05) is 18.2 Å². The van der Waals surface area contributed by atoms with Crippen LogP contribution in [0.4, 0.5) is 11.4 Å². The first-order chi connectivity index (χ1) is 9.86. The zero-order valence-electron chi connectivity index (χ0n) is 11.3. The molecular weight excluding hydrogens is 248 g/mol. The van der Waals surface area contributed by atoms with Crippen molar-refractivity contribution in [3.63, 3.8) is 0 Å². The van der Waals surface area contributed by atoms with Crippen molar-refractivity contribution in [3.05, 3.63) is 60.2 Å². The maximum absolute atomic E-state index is 10.7. The number of rotatable bonds is 3. The van der Waals surface area contributed by atoms with Gasteiger partial charge in [-0.1, -0.05) is 18.2 Å². The van der Waals surface area contributed by atoms with E-state index in [1.54, 1.807) is 6.07 Å². The molecule has 3 heteroatoms. The lowest BCUT2D eigenvalue weighted by Gasteiger charge is -2.37. The highest BCUT2D eigenvalue weighted by Crippen LogP contribution is 2.20. The second-order valence-electron chi connectivity index (χ2n) is 4.93. The molecular formula is C17H17N2O. The van der Waals surface area contributed by atoms with Gasteiger partial charge in [0.25, 0.3) is 0 Å². The molecule has 3 nitrogen and oxygen atoms in total. The van der Waals surface area contributed by atoms with Crippen molar-refractivity contribution in [3.8, 4) is 0 Å². The smallest absolute Gasteiger partial charge is 0.150 e. The number of hydrogen-bond donors (Lipinski definition) is 0. The molecule has 101 valence electrons. The Kier molecular flexibility index (Phi) is 3.68. The average Bonchev–Trinajstić information content (AvgIpc) is 2.56. The first-order valence-electron chi connectivity index (χ1n) is 6.89. The molecule has 0 unspecified atom stereocenters. The number of aldehydes is 1. The van der Waals surface area contributed by atoms with E-state index >= 15 is 0 Å². The summed E-state index contributed by atoms with van der Waals surface area (Å²) in [6.07, 6.45) is 0.855. The number of nitrogens with zero attached hydrogens (tertiary/aromatic N) is 2. The maximum atomic E-state index is 10.7. The number of carbonyl (C=O) groups is 1. The van der Waals surface area contributed by atoms with Crippen LogP contribution in [0.25, 0.3) is 0 Å². The van der Waals surface area contributed by atoms with Gasteiger partial charge in [-0.3, -0.25) is 4.79 Å². The van der Waals surface area contributed by atoms with E-state index in [0.717, 1.165) is 38.2 Å². The maximum Gasteiger partial charge on any atom is 0.150 e. The molecule has 0 aliphatic carbocycles. The zero-order valence-corrected chi connectivity index (χ0v) is 11.3. The van der Waals surface area contributed by atoms with Crippen molar-refractivity contribution in [2.45, 2.75) is 0 Å². The third-order valence-electron chi connectivity index (χ3n) is 3.70. The predicted molar refractivity (Wildman–Crippen MR) is 81.5 cm³/mol. The van der Waals surface area contributed by atoms with Crippen LogP contribution in [0.5, 0.6) is 0 Å². The SMILES string of the molecule is O=Cc1c[c]c(N2CCN(c3ccccc3)CC2)cc1. The Morgan fingerprint density at radius 2 is 1.60 bits per heavy atom. The molecule has 1 heterocycles. The van der Waals surface area contributed by atoms with Crippen LogP contribution >= 0.6 is 0 Å². The lowest BCUT2D eigenvalue weighted by molar-refractivity contribution is 0.112. The van der Waals surface area contributed by atoms with Crippen LogP contribution in [0.15, 0.2) is 48.5 Å². The minimum Gasteiger partial charge on any atom is -0.368 e. The molecule has 2 aromatic rings. The van der Waals surface area contributed by atoms with Gasteiger partial charge in [-0.15, -0.1) is 0 Å². The molecule has 1 aliphatic rings. The summed E-state index contributed by atoms with van der Waals surface area (Å²) in [7, 11) is 0. The molecule has 0 spiro atoms. The summed E-state index contributed by atoms with van der Waals surface area (Å²) in [5, 5.41) is 0. The Labute approximate surface area is 119 Å². The van der Waals surface area contributed by atoms with Crippen molar-refractivity contribution in [1.29, 1.82) is 0 Å². The van der Waals surface area contributed by atoms with Gasteiger partial charge in [0.05, 0.1) is 0 Å². The number of piperazine rings is 1. The summed E-state index contributed by atoms with van der Waals surface area (Å²) < 4.78 is 0. The molecule has 20 heavy (non-hydrogen) atoms. The van der Waals surface area contributed by atoms with Crippen LogP contribution in [-0.2, 0) is 0 Å². The fraction of sp³-hybridized carbons (Fsp3) is 0.235. The Bertz CT molecular complexity index is 557. The third-order valence-corrected chi connectivity index (χ3v) is 3.70. The second kappa shape index (κ2) is 5.78. The molecule has 0 N–H and O–H groups in total. The molecule has 0 bridgehead atoms. The Balaban J connectivity index is 1.64. The van der Waals surface area contributed by atoms with Gasteiger partial charge in [0.15, 0.2) is 0 Å². The molecule has 1 saturated heterocycles. The van der Waals surface area contributed by atoms with Crippen molar-refractivity contribution in [1.82, 2.24) is 0 Å². The lowest BCUT2D eigenvalue weighted by Crippen LogP contribution is -2.46. The predicted octanol–water partition coefficient (Wildman–Crippen LogP) is 2.63. The third kappa shape index (κ3) is 2.67. The van der Waals surface area contributed by atoms with Crippen LogP contribution < -0.4 is 9.80 Å². The highest BCUT2D eigenvalue weighted by atomic mass is 16.1. The van der Waals surface area contributed by atoms with Crippen LogP contribution in [0.1, 0.15) is 10.4 Å². The van der Waals surface area contributed by atoms with Crippen LogP contribution in [0.3, 0.4) is 0 Å². The van der Waals surface area contributed by atoms with E-state index in [2.05, 4.69) is 40.1 Å². The number of hydrogen-bond acceptors (Lipinski definition) is 3. The topological polar surface area (TPSA) is 23.6 Å². The number of anilines is 2. The van der Waals surface area contributed by atoms with Gasteiger partial charge >= 0.3 is 0 Å². The summed E-state index contributed by atoms with van der Waals surface area (Å²) in [6.45, 7) is 3.97. The Hall–Kier alpha value is -2.29. The summed E-state index contributed by atoms with van der Waals surface area (Å²) in [5.41, 5.74) is 3.03. The van der Waals surface area contributed by atoms with Gasteiger partial charge in [-0.05, 0) is 30.3 Å². The first-order valence-corrected chi connectivity index (χ1v) is 6.89. The summed E-state index contributed by atoms with van der Waals surface area (Å²) in [5.74, 6) is 0. The van der Waals surface area contributed by atoms with Crippen LogP contribution in [0.2, 0.25) is 0 Å². The van der Waals surface area contributed by atoms with Crippen molar-refractivity contribution in [2.24, 2.45) is 0 Å². The van der Waals surface area contributed by atoms with Gasteiger partial charge in [0, 0.05) is 49.2 Å². The van der Waals surface area contributed by atoms with Crippen molar-refractivity contribution < 1.29 is 4.79 Å². The molecule has 1 fully saturated rings. The molecule has 0 amide bonds. The minimum atomic E-state index is 0.677. The molecule has 0 aromatic heterocycles. The van der Waals surface area contributed by atoms with E-state index in [-0.39, 0.29) is 0 Å². The Morgan fingerprint density at radius 3 is 2.20 bits per heavy atom. The minimum absolute atomic E-state index is 0.677. The fourth-order valence-electron chi connectivity index (χ4n) is 2.54. The van der Waals surface area contributed by atoms with Gasteiger partial charge in [-0.2, -0.15) is 0 Å². The highest BCUT2D eigenvalue weighted by Gasteiger charge is 2.17. The fourth-order valence-corrected chi connectivity index (χ4v) is 2.54. The lowest BCUT2D eigenvalue weighted by atomic mass is 10.2. The molecule has 0 atom stereocenters. The summed E-state index contributed by atoms with van der Waals surface area (Å²) >= 11 is 0. The summed E-state index contributed by atoms with van der Waals surface area (Å²) in [6, 6.07) is 19.3. The quantitative estimate of drug-likeness (QED) is 0.797. The van der Waals surface area contributed by atoms with Gasteiger partial charge in [0.1, 0.15) is 6.29 Å². The van der Waals surface area contributed by atoms with Gasteiger partial charge in [-0.25, -0.2) is 0 Å². The number of para-hydroxylation sites is 1. The monoisotopic (exact) mass is 265 g/mol. The summed E-state index contributed by atoms with van der Waals surface area (Å²) in [4.78, 5) is 15.4. The van der Waals surface area contributed by atoms with Crippen LogP contribution in [-0.4, -0.2) is 32.5 Å². The standard InChI is InChI=1S/C17H17N2O/c20-14-15-6-8-17(9-7-15)19-12-10-18(11-13-19)16-4-2-1-3-5-16/h1-8,14H,10-13H2. The number of carbonyl (C=O) groups excluding carboxylic acids is 1.